The topological polar surface area (TPSA) is 66.9 Å². The minimum Gasteiger partial charge on any atom is -0.308 e. The van der Waals surface area contributed by atoms with Crippen LogP contribution in [0.25, 0.3) is 10.6 Å². The molecular formula is C15H11ClN4OS. The Labute approximate surface area is 136 Å². The molecule has 0 fully saturated rings. The Balaban J connectivity index is 1.65. The molecule has 0 spiro atoms. The smallest absolute Gasteiger partial charge is 0.308 e. The van der Waals surface area contributed by atoms with Crippen molar-refractivity contribution in [3.05, 3.63) is 59.6 Å². The van der Waals surface area contributed by atoms with Gasteiger partial charge in [0.15, 0.2) is 0 Å². The highest BCUT2D eigenvalue weighted by atomic mass is 35.5. The molecule has 0 aliphatic carbocycles. The number of nitrogens with zero attached hydrogens (tertiary/aromatic N) is 2. The van der Waals surface area contributed by atoms with Crippen molar-refractivity contribution in [1.82, 2.24) is 10.2 Å². The van der Waals surface area contributed by atoms with Gasteiger partial charge in [-0.3, -0.25) is 5.32 Å². The summed E-state index contributed by atoms with van der Waals surface area (Å²) in [5, 5.41) is 15.2. The Morgan fingerprint density at radius 3 is 2.41 bits per heavy atom. The predicted octanol–water partition coefficient (Wildman–Crippen LogP) is 4.50. The first kappa shape index (κ1) is 14.5. The Kier molecular flexibility index (Phi) is 4.32. The van der Waals surface area contributed by atoms with E-state index in [1.807, 2.05) is 30.3 Å². The molecular weight excluding hydrogens is 320 g/mol. The SMILES string of the molecule is O=C(Nc1ccc(Cl)cc1)Nc1nnc(-c2ccccc2)s1. The third kappa shape index (κ3) is 3.60. The molecule has 7 heteroatoms. The van der Waals surface area contributed by atoms with Crippen LogP contribution >= 0.6 is 22.9 Å². The molecule has 0 atom stereocenters. The molecule has 2 aromatic carbocycles. The second-order valence-electron chi connectivity index (χ2n) is 4.36. The van der Waals surface area contributed by atoms with E-state index in [1.165, 1.54) is 11.3 Å². The van der Waals surface area contributed by atoms with Gasteiger partial charge in [-0.1, -0.05) is 53.3 Å². The first-order valence-electron chi connectivity index (χ1n) is 6.43. The van der Waals surface area contributed by atoms with Gasteiger partial charge in [0.25, 0.3) is 0 Å². The molecule has 1 heterocycles. The van der Waals surface area contributed by atoms with Crippen LogP contribution in [0.4, 0.5) is 15.6 Å². The largest absolute Gasteiger partial charge is 0.325 e. The molecule has 3 aromatic rings. The fraction of sp³-hybridized carbons (Fsp3) is 0. The molecule has 0 aliphatic rings. The third-order valence-corrected chi connectivity index (χ3v) is 3.91. The molecule has 0 aliphatic heterocycles. The zero-order valence-electron chi connectivity index (χ0n) is 11.3. The van der Waals surface area contributed by atoms with Gasteiger partial charge in [0.05, 0.1) is 0 Å². The van der Waals surface area contributed by atoms with E-state index in [2.05, 4.69) is 20.8 Å². The second kappa shape index (κ2) is 6.55. The van der Waals surface area contributed by atoms with Crippen LogP contribution in [0.15, 0.2) is 54.6 Å². The second-order valence-corrected chi connectivity index (χ2v) is 5.78. The van der Waals surface area contributed by atoms with Crippen LogP contribution in [0, 0.1) is 0 Å². The predicted molar refractivity (Wildman–Crippen MR) is 89.4 cm³/mol. The molecule has 0 bridgehead atoms. The summed E-state index contributed by atoms with van der Waals surface area (Å²) in [6, 6.07) is 16.1. The average Bonchev–Trinajstić information content (AvgIpc) is 2.99. The molecule has 5 nitrogen and oxygen atoms in total. The van der Waals surface area contributed by atoms with Crippen molar-refractivity contribution >= 4 is 39.8 Å². The molecule has 0 saturated heterocycles. The Morgan fingerprint density at radius 2 is 1.68 bits per heavy atom. The minimum atomic E-state index is -0.377. The lowest BCUT2D eigenvalue weighted by atomic mass is 10.2. The number of urea groups is 1. The Morgan fingerprint density at radius 1 is 0.955 bits per heavy atom. The fourth-order valence-electron chi connectivity index (χ4n) is 1.76. The van der Waals surface area contributed by atoms with Gasteiger partial charge in [-0.15, -0.1) is 10.2 Å². The Bertz CT molecular complexity index is 774. The van der Waals surface area contributed by atoms with E-state index in [9.17, 15) is 4.79 Å². The van der Waals surface area contributed by atoms with E-state index < -0.39 is 0 Å². The van der Waals surface area contributed by atoms with E-state index in [4.69, 9.17) is 11.6 Å². The first-order valence-corrected chi connectivity index (χ1v) is 7.63. The zero-order valence-corrected chi connectivity index (χ0v) is 12.9. The van der Waals surface area contributed by atoms with Crippen molar-refractivity contribution in [3.63, 3.8) is 0 Å². The third-order valence-electron chi connectivity index (χ3n) is 2.77. The summed E-state index contributed by atoms with van der Waals surface area (Å²) in [4.78, 5) is 11.9. The van der Waals surface area contributed by atoms with Gasteiger partial charge < -0.3 is 5.32 Å². The number of nitrogens with one attached hydrogen (secondary N) is 2. The van der Waals surface area contributed by atoms with Gasteiger partial charge in [0, 0.05) is 16.3 Å². The fourth-order valence-corrected chi connectivity index (χ4v) is 2.63. The van der Waals surface area contributed by atoms with Crippen LogP contribution in [0.1, 0.15) is 0 Å². The number of carbonyl (C=O) groups excluding carboxylic acids is 1. The standard InChI is InChI=1S/C15H11ClN4OS/c16-11-6-8-12(9-7-11)17-14(21)18-15-20-19-13(22-15)10-4-2-1-3-5-10/h1-9H,(H2,17,18,20,21). The Hall–Kier alpha value is -2.44. The highest BCUT2D eigenvalue weighted by molar-refractivity contribution is 7.18. The summed E-state index contributed by atoms with van der Waals surface area (Å²) < 4.78 is 0. The van der Waals surface area contributed by atoms with Crippen molar-refractivity contribution in [2.45, 2.75) is 0 Å². The lowest BCUT2D eigenvalue weighted by Crippen LogP contribution is -2.19. The average molecular weight is 331 g/mol. The summed E-state index contributed by atoms with van der Waals surface area (Å²) in [6.07, 6.45) is 0. The maximum Gasteiger partial charge on any atom is 0.325 e. The highest BCUT2D eigenvalue weighted by Gasteiger charge is 2.09. The maximum atomic E-state index is 11.9. The monoisotopic (exact) mass is 330 g/mol. The van der Waals surface area contributed by atoms with Gasteiger partial charge in [0.1, 0.15) is 5.01 Å². The van der Waals surface area contributed by atoms with Crippen molar-refractivity contribution in [2.75, 3.05) is 10.6 Å². The lowest BCUT2D eigenvalue weighted by Gasteiger charge is -2.04. The van der Waals surface area contributed by atoms with Crippen molar-refractivity contribution < 1.29 is 4.79 Å². The van der Waals surface area contributed by atoms with Crippen molar-refractivity contribution in [1.29, 1.82) is 0 Å². The zero-order chi connectivity index (χ0) is 15.4. The van der Waals surface area contributed by atoms with Gasteiger partial charge in [-0.05, 0) is 24.3 Å². The van der Waals surface area contributed by atoms with Crippen molar-refractivity contribution in [3.8, 4) is 10.6 Å². The number of anilines is 2. The maximum absolute atomic E-state index is 11.9. The van der Waals surface area contributed by atoms with Crippen LogP contribution in [0.5, 0.6) is 0 Å². The van der Waals surface area contributed by atoms with E-state index in [1.54, 1.807) is 24.3 Å². The quantitative estimate of drug-likeness (QED) is 0.742. The van der Waals surface area contributed by atoms with Crippen LogP contribution in [0.3, 0.4) is 0 Å². The molecule has 0 unspecified atom stereocenters. The van der Waals surface area contributed by atoms with Gasteiger partial charge in [-0.2, -0.15) is 0 Å². The number of aromatic nitrogens is 2. The van der Waals surface area contributed by atoms with E-state index in [-0.39, 0.29) is 6.03 Å². The van der Waals surface area contributed by atoms with E-state index in [0.29, 0.717) is 15.8 Å². The van der Waals surface area contributed by atoms with Crippen LogP contribution < -0.4 is 10.6 Å². The molecule has 110 valence electrons. The summed E-state index contributed by atoms with van der Waals surface area (Å²) in [6.45, 7) is 0. The van der Waals surface area contributed by atoms with Crippen LogP contribution in [-0.2, 0) is 0 Å². The normalized spacial score (nSPS) is 10.2. The van der Waals surface area contributed by atoms with E-state index in [0.717, 1.165) is 10.6 Å². The van der Waals surface area contributed by atoms with Crippen molar-refractivity contribution in [2.24, 2.45) is 0 Å². The first-order chi connectivity index (χ1) is 10.7. The molecule has 0 radical (unpaired) electrons. The van der Waals surface area contributed by atoms with Gasteiger partial charge >= 0.3 is 6.03 Å². The lowest BCUT2D eigenvalue weighted by molar-refractivity contribution is 0.262. The number of amides is 2. The summed E-state index contributed by atoms with van der Waals surface area (Å²) >= 11 is 7.11. The minimum absolute atomic E-state index is 0.377. The van der Waals surface area contributed by atoms with Gasteiger partial charge in [0.2, 0.25) is 5.13 Å². The number of hydrogen-bond acceptors (Lipinski definition) is 4. The number of halogens is 1. The molecule has 2 N–H and O–H groups in total. The number of carbonyl (C=O) groups is 1. The molecule has 22 heavy (non-hydrogen) atoms. The molecule has 1 aromatic heterocycles. The summed E-state index contributed by atoms with van der Waals surface area (Å²) in [7, 11) is 0. The van der Waals surface area contributed by atoms with E-state index >= 15 is 0 Å². The molecule has 0 saturated carbocycles. The number of benzene rings is 2. The number of hydrogen-bond donors (Lipinski definition) is 2. The van der Waals surface area contributed by atoms with Gasteiger partial charge in [-0.25, -0.2) is 4.79 Å². The van der Waals surface area contributed by atoms with Crippen LogP contribution in [-0.4, -0.2) is 16.2 Å². The number of rotatable bonds is 3. The summed E-state index contributed by atoms with van der Waals surface area (Å²) in [5.74, 6) is 0. The highest BCUT2D eigenvalue weighted by Crippen LogP contribution is 2.26. The van der Waals surface area contributed by atoms with Crippen LogP contribution in [0.2, 0.25) is 5.02 Å². The molecule has 3 rings (SSSR count). The summed E-state index contributed by atoms with van der Waals surface area (Å²) in [5.41, 5.74) is 1.61. The molecule has 2 amide bonds.